The highest BCUT2D eigenvalue weighted by Crippen LogP contribution is 2.26. The van der Waals surface area contributed by atoms with Crippen LogP contribution in [-0.4, -0.2) is 85.5 Å². The number of thiophene rings is 1. The molecule has 1 aromatic rings. The number of nitrogens with zero attached hydrogens (tertiary/aromatic N) is 3. The van der Waals surface area contributed by atoms with Gasteiger partial charge in [-0.2, -0.15) is 0 Å². The fourth-order valence-corrected chi connectivity index (χ4v) is 5.00. The molecule has 1 aromatic heterocycles. The summed E-state index contributed by atoms with van der Waals surface area (Å²) < 4.78 is 5.33. The minimum absolute atomic E-state index is 0.123. The van der Waals surface area contributed by atoms with E-state index in [4.69, 9.17) is 4.74 Å². The number of carbonyl (C=O) groups excluding carboxylic acids is 2. The smallest absolute Gasteiger partial charge is 0.264 e. The third-order valence-electron chi connectivity index (χ3n) is 5.35. The number of carbonyl (C=O) groups is 2. The van der Waals surface area contributed by atoms with Crippen molar-refractivity contribution < 1.29 is 14.3 Å². The van der Waals surface area contributed by atoms with Crippen LogP contribution < -0.4 is 0 Å². The monoisotopic (exact) mass is 393 g/mol. The van der Waals surface area contributed by atoms with Gasteiger partial charge in [-0.15, -0.1) is 11.3 Å². The Bertz CT molecular complexity index is 647. The molecule has 0 unspecified atom stereocenters. The predicted molar refractivity (Wildman–Crippen MR) is 107 cm³/mol. The summed E-state index contributed by atoms with van der Waals surface area (Å²) in [4.78, 5) is 33.6. The molecular formula is C20H31N3O3S. The van der Waals surface area contributed by atoms with Crippen molar-refractivity contribution in [2.45, 2.75) is 33.1 Å². The molecule has 2 saturated heterocycles. The Kier molecular flexibility index (Phi) is 7.26. The molecule has 0 atom stereocenters. The van der Waals surface area contributed by atoms with Crippen LogP contribution in [0.2, 0.25) is 0 Å². The van der Waals surface area contributed by atoms with Crippen LogP contribution in [0, 0.1) is 0 Å². The van der Waals surface area contributed by atoms with Crippen LogP contribution in [0.3, 0.4) is 0 Å². The van der Waals surface area contributed by atoms with Gasteiger partial charge in [0.2, 0.25) is 5.91 Å². The van der Waals surface area contributed by atoms with E-state index in [1.54, 1.807) is 11.3 Å². The third-order valence-corrected chi connectivity index (χ3v) is 6.57. The van der Waals surface area contributed by atoms with Crippen molar-refractivity contribution in [2.75, 3.05) is 59.0 Å². The van der Waals surface area contributed by atoms with Crippen LogP contribution in [0.15, 0.2) is 6.07 Å². The zero-order chi connectivity index (χ0) is 19.2. The van der Waals surface area contributed by atoms with E-state index in [1.165, 1.54) is 10.4 Å². The van der Waals surface area contributed by atoms with Gasteiger partial charge in [0.15, 0.2) is 0 Å². The molecule has 0 N–H and O–H groups in total. The maximum absolute atomic E-state index is 12.9. The highest BCUT2D eigenvalue weighted by molar-refractivity contribution is 7.14. The highest BCUT2D eigenvalue weighted by Gasteiger charge is 2.27. The first kappa shape index (κ1) is 20.3. The van der Waals surface area contributed by atoms with Crippen molar-refractivity contribution >= 4 is 23.2 Å². The molecule has 2 amide bonds. The summed E-state index contributed by atoms with van der Waals surface area (Å²) in [6.45, 7) is 10.3. The minimum Gasteiger partial charge on any atom is -0.379 e. The fourth-order valence-electron chi connectivity index (χ4n) is 3.68. The maximum Gasteiger partial charge on any atom is 0.264 e. The second-order valence-electron chi connectivity index (χ2n) is 7.22. The quantitative estimate of drug-likeness (QED) is 0.741. The van der Waals surface area contributed by atoms with E-state index in [1.807, 2.05) is 9.80 Å². The van der Waals surface area contributed by atoms with E-state index < -0.39 is 0 Å². The van der Waals surface area contributed by atoms with Gasteiger partial charge in [-0.3, -0.25) is 14.5 Å². The first-order chi connectivity index (χ1) is 13.1. The van der Waals surface area contributed by atoms with E-state index in [0.29, 0.717) is 45.9 Å². The summed E-state index contributed by atoms with van der Waals surface area (Å²) in [5.41, 5.74) is 1.31. The molecule has 3 heterocycles. The summed E-state index contributed by atoms with van der Waals surface area (Å²) in [6.07, 6.45) is 3.12. The van der Waals surface area contributed by atoms with E-state index in [2.05, 4.69) is 24.8 Å². The number of piperazine rings is 1. The Morgan fingerprint density at radius 1 is 1.04 bits per heavy atom. The van der Waals surface area contributed by atoms with Gasteiger partial charge in [-0.25, -0.2) is 0 Å². The number of rotatable bonds is 6. The number of hydrogen-bond acceptors (Lipinski definition) is 5. The molecule has 2 fully saturated rings. The van der Waals surface area contributed by atoms with Crippen LogP contribution in [-0.2, 0) is 22.4 Å². The number of ether oxygens (including phenoxy) is 1. The number of morpholine rings is 1. The van der Waals surface area contributed by atoms with Gasteiger partial charge in [0, 0.05) is 44.1 Å². The lowest BCUT2D eigenvalue weighted by Gasteiger charge is -2.36. The second-order valence-corrected chi connectivity index (χ2v) is 8.36. The molecular weight excluding hydrogens is 362 g/mol. The molecule has 0 spiro atoms. The molecule has 0 radical (unpaired) electrons. The van der Waals surface area contributed by atoms with E-state index in [-0.39, 0.29) is 11.8 Å². The van der Waals surface area contributed by atoms with Gasteiger partial charge in [0.1, 0.15) is 0 Å². The van der Waals surface area contributed by atoms with Gasteiger partial charge >= 0.3 is 0 Å². The van der Waals surface area contributed by atoms with Crippen LogP contribution in [0.25, 0.3) is 0 Å². The Labute approximate surface area is 166 Å². The van der Waals surface area contributed by atoms with Crippen LogP contribution >= 0.6 is 11.3 Å². The summed E-state index contributed by atoms with van der Waals surface area (Å²) >= 11 is 1.65. The largest absolute Gasteiger partial charge is 0.379 e. The number of aryl methyl sites for hydroxylation is 2. The van der Waals surface area contributed by atoms with E-state index in [0.717, 1.165) is 37.2 Å². The minimum atomic E-state index is 0.123. The standard InChI is InChI=1S/C20H31N3O3S/c1-3-5-17-16(4-2)14-18(27-17)20(25)23-8-6-22(7-9-23)19(24)15-21-10-12-26-13-11-21/h14H,3-13,15H2,1-2H3. The van der Waals surface area contributed by atoms with Crippen molar-refractivity contribution in [3.8, 4) is 0 Å². The summed E-state index contributed by atoms with van der Waals surface area (Å²) in [7, 11) is 0. The Morgan fingerprint density at radius 2 is 1.70 bits per heavy atom. The number of amides is 2. The van der Waals surface area contributed by atoms with Crippen LogP contribution in [0.5, 0.6) is 0 Å². The molecule has 7 heteroatoms. The van der Waals surface area contributed by atoms with Crippen molar-refractivity contribution in [3.63, 3.8) is 0 Å². The van der Waals surface area contributed by atoms with Crippen LogP contribution in [0.4, 0.5) is 0 Å². The summed E-state index contributed by atoms with van der Waals surface area (Å²) in [5, 5.41) is 0. The fraction of sp³-hybridized carbons (Fsp3) is 0.700. The van der Waals surface area contributed by atoms with E-state index >= 15 is 0 Å². The molecule has 0 aromatic carbocycles. The molecule has 0 aliphatic carbocycles. The summed E-state index contributed by atoms with van der Waals surface area (Å²) in [5.74, 6) is 0.288. The zero-order valence-corrected chi connectivity index (χ0v) is 17.4. The SMILES string of the molecule is CCCc1sc(C(=O)N2CCN(C(=O)CN3CCOCC3)CC2)cc1CC. The van der Waals surface area contributed by atoms with Gasteiger partial charge in [0.05, 0.1) is 24.6 Å². The van der Waals surface area contributed by atoms with Crippen molar-refractivity contribution in [3.05, 3.63) is 21.4 Å². The van der Waals surface area contributed by atoms with Gasteiger partial charge in [-0.1, -0.05) is 20.3 Å². The van der Waals surface area contributed by atoms with Crippen molar-refractivity contribution in [1.29, 1.82) is 0 Å². The first-order valence-electron chi connectivity index (χ1n) is 10.1. The van der Waals surface area contributed by atoms with Crippen molar-refractivity contribution in [1.82, 2.24) is 14.7 Å². The lowest BCUT2D eigenvalue weighted by atomic mass is 10.1. The average Bonchev–Trinajstić information content (AvgIpc) is 3.11. The topological polar surface area (TPSA) is 53.1 Å². The molecule has 6 nitrogen and oxygen atoms in total. The Morgan fingerprint density at radius 3 is 2.33 bits per heavy atom. The van der Waals surface area contributed by atoms with Gasteiger partial charge in [-0.05, 0) is 24.5 Å². The first-order valence-corrected chi connectivity index (χ1v) is 10.9. The lowest BCUT2D eigenvalue weighted by molar-refractivity contribution is -0.134. The molecule has 0 saturated carbocycles. The Hall–Kier alpha value is -1.44. The third kappa shape index (κ3) is 5.09. The zero-order valence-electron chi connectivity index (χ0n) is 16.5. The summed E-state index contributed by atoms with van der Waals surface area (Å²) in [6, 6.07) is 2.08. The van der Waals surface area contributed by atoms with Gasteiger partial charge in [0.25, 0.3) is 5.91 Å². The highest BCUT2D eigenvalue weighted by atomic mass is 32.1. The average molecular weight is 394 g/mol. The van der Waals surface area contributed by atoms with E-state index in [9.17, 15) is 9.59 Å². The molecule has 3 rings (SSSR count). The molecule has 0 bridgehead atoms. The molecule has 2 aliphatic rings. The lowest BCUT2D eigenvalue weighted by Crippen LogP contribution is -2.53. The maximum atomic E-state index is 12.9. The molecule has 150 valence electrons. The predicted octanol–water partition coefficient (Wildman–Crippen LogP) is 1.88. The van der Waals surface area contributed by atoms with Gasteiger partial charge < -0.3 is 14.5 Å². The second kappa shape index (κ2) is 9.66. The normalized spacial score (nSPS) is 18.7. The van der Waals surface area contributed by atoms with Crippen LogP contribution in [0.1, 0.15) is 40.4 Å². The number of hydrogen-bond donors (Lipinski definition) is 0. The Balaban J connectivity index is 1.52. The molecule has 2 aliphatic heterocycles. The molecule has 27 heavy (non-hydrogen) atoms. The van der Waals surface area contributed by atoms with Crippen molar-refractivity contribution in [2.24, 2.45) is 0 Å².